The van der Waals surface area contributed by atoms with Crippen molar-refractivity contribution in [3.05, 3.63) is 34.9 Å². The zero-order valence-corrected chi connectivity index (χ0v) is 9.35. The van der Waals surface area contributed by atoms with Crippen LogP contribution in [0.15, 0.2) is 12.1 Å². The van der Waals surface area contributed by atoms with Crippen molar-refractivity contribution < 1.29 is 8.78 Å². The molecule has 84 valence electrons. The van der Waals surface area contributed by atoms with Gasteiger partial charge in [-0.2, -0.15) is 0 Å². The van der Waals surface area contributed by atoms with E-state index in [1.165, 1.54) is 12.1 Å². The maximum atomic E-state index is 13.7. The first-order chi connectivity index (χ1) is 6.99. The van der Waals surface area contributed by atoms with Crippen LogP contribution >= 0.6 is 0 Å². The Balaban J connectivity index is 3.18. The van der Waals surface area contributed by atoms with Crippen molar-refractivity contribution in [3.8, 4) is 0 Å². The third-order valence-corrected chi connectivity index (χ3v) is 3.00. The van der Waals surface area contributed by atoms with Gasteiger partial charge in [0.2, 0.25) is 0 Å². The molecular weight excluding hydrogens is 196 g/mol. The number of benzene rings is 1. The van der Waals surface area contributed by atoms with Gasteiger partial charge in [-0.25, -0.2) is 8.78 Å². The molecule has 1 nitrogen and oxygen atoms in total. The summed E-state index contributed by atoms with van der Waals surface area (Å²) in [5.41, 5.74) is 6.14. The molecule has 0 aromatic heterocycles. The summed E-state index contributed by atoms with van der Waals surface area (Å²) in [6, 6.07) is 2.77. The Morgan fingerprint density at radius 1 is 1.27 bits per heavy atom. The second-order valence-corrected chi connectivity index (χ2v) is 4.09. The predicted molar refractivity (Wildman–Crippen MR) is 57.7 cm³/mol. The number of rotatable bonds is 3. The lowest BCUT2D eigenvalue weighted by Crippen LogP contribution is -2.19. The average molecular weight is 213 g/mol. The number of hydrogen-bond donors (Lipinski definition) is 1. The Hall–Kier alpha value is -0.960. The minimum Gasteiger partial charge on any atom is -0.330 e. The molecule has 2 unspecified atom stereocenters. The highest BCUT2D eigenvalue weighted by atomic mass is 19.1. The van der Waals surface area contributed by atoms with E-state index in [-0.39, 0.29) is 17.4 Å². The molecule has 0 radical (unpaired) electrons. The second-order valence-electron chi connectivity index (χ2n) is 4.09. The Labute approximate surface area is 89.3 Å². The number of hydrogen-bond acceptors (Lipinski definition) is 1. The molecule has 0 amide bonds. The topological polar surface area (TPSA) is 26.0 Å². The summed E-state index contributed by atoms with van der Waals surface area (Å²) in [5.74, 6) is -1.06. The molecule has 2 atom stereocenters. The molecule has 2 N–H and O–H groups in total. The van der Waals surface area contributed by atoms with Crippen LogP contribution < -0.4 is 5.73 Å². The Kier molecular flexibility index (Phi) is 3.80. The summed E-state index contributed by atoms with van der Waals surface area (Å²) >= 11 is 0. The smallest absolute Gasteiger partial charge is 0.132 e. The molecule has 3 heteroatoms. The van der Waals surface area contributed by atoms with E-state index in [0.717, 1.165) is 0 Å². The van der Waals surface area contributed by atoms with Crippen LogP contribution in [0.25, 0.3) is 0 Å². The molecule has 0 aliphatic heterocycles. The predicted octanol–water partition coefficient (Wildman–Crippen LogP) is 2.97. The fourth-order valence-electron chi connectivity index (χ4n) is 1.58. The molecule has 15 heavy (non-hydrogen) atoms. The molecule has 0 fully saturated rings. The van der Waals surface area contributed by atoms with Crippen LogP contribution in [-0.4, -0.2) is 6.54 Å². The normalized spacial score (nSPS) is 15.1. The van der Waals surface area contributed by atoms with Crippen molar-refractivity contribution >= 4 is 0 Å². The summed E-state index contributed by atoms with van der Waals surface area (Å²) in [6.45, 7) is 5.76. The van der Waals surface area contributed by atoms with E-state index in [2.05, 4.69) is 0 Å². The molecule has 0 heterocycles. The lowest BCUT2D eigenvalue weighted by Gasteiger charge is -2.20. The molecule has 0 spiro atoms. The van der Waals surface area contributed by atoms with Gasteiger partial charge in [-0.3, -0.25) is 0 Å². The lowest BCUT2D eigenvalue weighted by molar-refractivity contribution is 0.447. The van der Waals surface area contributed by atoms with Crippen LogP contribution in [0.5, 0.6) is 0 Å². The third kappa shape index (κ3) is 2.34. The third-order valence-electron chi connectivity index (χ3n) is 3.00. The number of nitrogens with two attached hydrogens (primary N) is 1. The maximum Gasteiger partial charge on any atom is 0.132 e. The van der Waals surface area contributed by atoms with E-state index in [9.17, 15) is 8.78 Å². The molecule has 0 saturated heterocycles. The van der Waals surface area contributed by atoms with Gasteiger partial charge in [-0.15, -0.1) is 0 Å². The minimum absolute atomic E-state index is 0.0656. The van der Waals surface area contributed by atoms with Crippen molar-refractivity contribution in [1.82, 2.24) is 0 Å². The van der Waals surface area contributed by atoms with Gasteiger partial charge in [0, 0.05) is 5.56 Å². The molecule has 0 bridgehead atoms. The highest BCUT2D eigenvalue weighted by Gasteiger charge is 2.21. The van der Waals surface area contributed by atoms with Gasteiger partial charge in [0.05, 0.1) is 0 Å². The van der Waals surface area contributed by atoms with Crippen LogP contribution in [0.3, 0.4) is 0 Å². The number of halogens is 2. The van der Waals surface area contributed by atoms with Gasteiger partial charge in [0.1, 0.15) is 11.6 Å². The summed E-state index contributed by atoms with van der Waals surface area (Å²) in [5, 5.41) is 0. The van der Waals surface area contributed by atoms with Crippen LogP contribution in [0.4, 0.5) is 8.78 Å². The Morgan fingerprint density at radius 2 is 1.87 bits per heavy atom. The first-order valence-electron chi connectivity index (χ1n) is 5.13. The van der Waals surface area contributed by atoms with E-state index >= 15 is 0 Å². The van der Waals surface area contributed by atoms with Gasteiger partial charge in [0.15, 0.2) is 0 Å². The van der Waals surface area contributed by atoms with Crippen molar-refractivity contribution in [2.24, 2.45) is 11.7 Å². The highest BCUT2D eigenvalue weighted by molar-refractivity contribution is 5.29. The van der Waals surface area contributed by atoms with Gasteiger partial charge in [-0.1, -0.05) is 19.9 Å². The second kappa shape index (κ2) is 4.71. The molecule has 1 aromatic carbocycles. The fraction of sp³-hybridized carbons (Fsp3) is 0.500. The molecule has 0 aliphatic rings. The van der Waals surface area contributed by atoms with Crippen molar-refractivity contribution in [3.63, 3.8) is 0 Å². The largest absolute Gasteiger partial charge is 0.330 e. The van der Waals surface area contributed by atoms with E-state index < -0.39 is 11.6 Å². The van der Waals surface area contributed by atoms with E-state index in [0.29, 0.717) is 12.1 Å². The van der Waals surface area contributed by atoms with Crippen LogP contribution in [0.2, 0.25) is 0 Å². The quantitative estimate of drug-likeness (QED) is 0.820. The van der Waals surface area contributed by atoms with Gasteiger partial charge in [0.25, 0.3) is 0 Å². The van der Waals surface area contributed by atoms with Gasteiger partial charge >= 0.3 is 0 Å². The van der Waals surface area contributed by atoms with E-state index in [4.69, 9.17) is 5.73 Å². The molecular formula is C12H17F2N. The Morgan fingerprint density at radius 3 is 2.40 bits per heavy atom. The van der Waals surface area contributed by atoms with Crippen molar-refractivity contribution in [2.45, 2.75) is 26.7 Å². The molecule has 0 saturated carbocycles. The SMILES string of the molecule is Cc1ccc(F)c(C(C)C(C)CN)c1F. The van der Waals surface area contributed by atoms with Crippen LogP contribution in [0.1, 0.15) is 30.9 Å². The first-order valence-corrected chi connectivity index (χ1v) is 5.13. The lowest BCUT2D eigenvalue weighted by atomic mass is 9.87. The molecule has 1 aromatic rings. The zero-order valence-electron chi connectivity index (χ0n) is 9.35. The summed E-state index contributed by atoms with van der Waals surface area (Å²) in [6.07, 6.45) is 0. The van der Waals surface area contributed by atoms with Crippen molar-refractivity contribution in [1.29, 1.82) is 0 Å². The summed E-state index contributed by atoms with van der Waals surface area (Å²) in [7, 11) is 0. The molecule has 1 rings (SSSR count). The van der Waals surface area contributed by atoms with E-state index in [1.807, 2.05) is 6.92 Å². The summed E-state index contributed by atoms with van der Waals surface area (Å²) in [4.78, 5) is 0. The monoisotopic (exact) mass is 213 g/mol. The van der Waals surface area contributed by atoms with Gasteiger partial charge in [-0.05, 0) is 36.9 Å². The minimum atomic E-state index is -0.481. The maximum absolute atomic E-state index is 13.7. The van der Waals surface area contributed by atoms with Crippen LogP contribution in [-0.2, 0) is 0 Å². The fourth-order valence-corrected chi connectivity index (χ4v) is 1.58. The zero-order chi connectivity index (χ0) is 11.6. The standard InChI is InChI=1S/C12H17F2N/c1-7-4-5-10(13)11(12(7)14)9(3)8(2)6-15/h4-5,8-9H,6,15H2,1-3H3. The van der Waals surface area contributed by atoms with E-state index in [1.54, 1.807) is 13.8 Å². The Bertz CT molecular complexity index is 350. The first kappa shape index (κ1) is 12.1. The molecule has 0 aliphatic carbocycles. The van der Waals surface area contributed by atoms with Crippen LogP contribution in [0, 0.1) is 24.5 Å². The highest BCUT2D eigenvalue weighted by Crippen LogP contribution is 2.29. The van der Waals surface area contributed by atoms with Crippen molar-refractivity contribution in [2.75, 3.05) is 6.54 Å². The summed E-state index contributed by atoms with van der Waals surface area (Å²) < 4.78 is 27.2. The van der Waals surface area contributed by atoms with Gasteiger partial charge < -0.3 is 5.73 Å². The average Bonchev–Trinajstić information content (AvgIpc) is 2.22. The number of aryl methyl sites for hydroxylation is 1.